The van der Waals surface area contributed by atoms with Crippen molar-refractivity contribution in [3.8, 4) is 11.8 Å². The summed E-state index contributed by atoms with van der Waals surface area (Å²) in [4.78, 5) is 0. The van der Waals surface area contributed by atoms with Crippen LogP contribution in [-0.2, 0) is 0 Å². The minimum absolute atomic E-state index is 0.586. The highest BCUT2D eigenvalue weighted by molar-refractivity contribution is 9.10. The second-order valence-electron chi connectivity index (χ2n) is 4.89. The van der Waals surface area contributed by atoms with E-state index in [2.05, 4.69) is 50.1 Å². The average molecular weight is 303 g/mol. The molecule has 2 nitrogen and oxygen atoms in total. The Balaban J connectivity index is 1.89. The summed E-state index contributed by atoms with van der Waals surface area (Å²) in [7, 11) is 0. The van der Waals surface area contributed by atoms with Gasteiger partial charge in [-0.15, -0.1) is 0 Å². The molecule has 1 heterocycles. The highest BCUT2D eigenvalue weighted by atomic mass is 79.9. The molecule has 0 unspecified atom stereocenters. The van der Waals surface area contributed by atoms with Crippen LogP contribution in [0.5, 0.6) is 0 Å². The van der Waals surface area contributed by atoms with E-state index >= 15 is 0 Å². The van der Waals surface area contributed by atoms with Crippen molar-refractivity contribution >= 4 is 26.8 Å². The van der Waals surface area contributed by atoms with Gasteiger partial charge in [0.05, 0.1) is 11.7 Å². The fourth-order valence-corrected chi connectivity index (χ4v) is 2.95. The van der Waals surface area contributed by atoms with Crippen LogP contribution in [0, 0.1) is 17.8 Å². The fourth-order valence-electron chi connectivity index (χ4n) is 2.49. The van der Waals surface area contributed by atoms with Crippen molar-refractivity contribution in [1.82, 2.24) is 10.2 Å². The number of benzene rings is 1. The van der Waals surface area contributed by atoms with Gasteiger partial charge in [-0.1, -0.05) is 31.1 Å². The minimum Gasteiger partial charge on any atom is -0.278 e. The third kappa shape index (κ3) is 2.44. The molecule has 18 heavy (non-hydrogen) atoms. The maximum absolute atomic E-state index is 4.04. The Labute approximate surface area is 115 Å². The summed E-state index contributed by atoms with van der Waals surface area (Å²) in [6, 6.07) is 4.14. The third-order valence-electron chi connectivity index (χ3n) is 3.54. The molecule has 3 rings (SSSR count). The van der Waals surface area contributed by atoms with Crippen LogP contribution >= 0.6 is 15.9 Å². The van der Waals surface area contributed by atoms with Gasteiger partial charge >= 0.3 is 0 Å². The molecule has 0 atom stereocenters. The van der Waals surface area contributed by atoms with Gasteiger partial charge in [0.15, 0.2) is 0 Å². The van der Waals surface area contributed by atoms with E-state index in [1.165, 1.54) is 32.1 Å². The molecule has 1 aromatic heterocycles. The zero-order valence-corrected chi connectivity index (χ0v) is 11.8. The highest BCUT2D eigenvalue weighted by Crippen LogP contribution is 2.25. The number of halogens is 1. The second-order valence-corrected chi connectivity index (χ2v) is 5.75. The van der Waals surface area contributed by atoms with Gasteiger partial charge in [0.1, 0.15) is 0 Å². The van der Waals surface area contributed by atoms with Crippen LogP contribution in [0.4, 0.5) is 0 Å². The lowest BCUT2D eigenvalue weighted by Crippen LogP contribution is -2.03. The molecule has 3 heteroatoms. The molecule has 1 N–H and O–H groups in total. The number of nitrogens with zero attached hydrogens (tertiary/aromatic N) is 1. The molecule has 1 fully saturated rings. The quantitative estimate of drug-likeness (QED) is 0.724. The molecular weight excluding hydrogens is 288 g/mol. The minimum atomic E-state index is 0.586. The summed E-state index contributed by atoms with van der Waals surface area (Å²) in [6.45, 7) is 0. The molecule has 92 valence electrons. The first-order valence-electron chi connectivity index (χ1n) is 6.47. The molecule has 0 spiro atoms. The number of H-pyrrole nitrogens is 1. The molecule has 0 saturated heterocycles. The molecule has 0 radical (unpaired) electrons. The number of aromatic nitrogens is 2. The van der Waals surface area contributed by atoms with Crippen LogP contribution in [0.15, 0.2) is 22.8 Å². The normalized spacial score (nSPS) is 16.5. The Hall–Kier alpha value is -1.27. The Morgan fingerprint density at radius 1 is 1.22 bits per heavy atom. The predicted molar refractivity (Wildman–Crippen MR) is 77.2 cm³/mol. The average Bonchev–Trinajstić information content (AvgIpc) is 2.84. The zero-order valence-electron chi connectivity index (χ0n) is 10.2. The van der Waals surface area contributed by atoms with E-state index in [0.29, 0.717) is 5.92 Å². The maximum Gasteiger partial charge on any atom is 0.0663 e. The lowest BCUT2D eigenvalue weighted by atomic mass is 9.89. The second kappa shape index (κ2) is 5.16. The number of fused-ring (bicyclic) bond motifs is 1. The summed E-state index contributed by atoms with van der Waals surface area (Å²) in [5.41, 5.74) is 2.10. The van der Waals surface area contributed by atoms with E-state index < -0.39 is 0 Å². The van der Waals surface area contributed by atoms with E-state index in [1.54, 1.807) is 0 Å². The van der Waals surface area contributed by atoms with Crippen LogP contribution in [0.3, 0.4) is 0 Å². The van der Waals surface area contributed by atoms with Crippen molar-refractivity contribution in [1.29, 1.82) is 0 Å². The summed E-state index contributed by atoms with van der Waals surface area (Å²) in [6.07, 6.45) is 8.40. The van der Waals surface area contributed by atoms with E-state index in [0.717, 1.165) is 20.9 Å². The molecule has 0 amide bonds. The highest BCUT2D eigenvalue weighted by Gasteiger charge is 2.10. The summed E-state index contributed by atoms with van der Waals surface area (Å²) < 4.78 is 1.06. The van der Waals surface area contributed by atoms with Crippen molar-refractivity contribution < 1.29 is 0 Å². The molecule has 0 bridgehead atoms. The zero-order chi connectivity index (χ0) is 12.4. The van der Waals surface area contributed by atoms with Gasteiger partial charge in [-0.25, -0.2) is 0 Å². The summed E-state index contributed by atoms with van der Waals surface area (Å²) in [5, 5.41) is 8.14. The molecule has 1 aromatic carbocycles. The van der Waals surface area contributed by atoms with Crippen molar-refractivity contribution in [3.05, 3.63) is 28.4 Å². The molecular formula is C15H15BrN2. The van der Waals surface area contributed by atoms with E-state index in [-0.39, 0.29) is 0 Å². The Kier molecular flexibility index (Phi) is 3.38. The molecule has 1 aliphatic rings. The molecule has 1 saturated carbocycles. The standard InChI is InChI=1S/C15H15BrN2/c16-14-8-13-10-17-18-15(13)9-12(14)7-6-11-4-2-1-3-5-11/h8-11H,1-5H2,(H,17,18). The SMILES string of the molecule is Brc1cc2cn[nH]c2cc1C#CC1CCCCC1. The van der Waals surface area contributed by atoms with Crippen LogP contribution in [0.25, 0.3) is 10.9 Å². The lowest BCUT2D eigenvalue weighted by Gasteiger charge is -2.15. The first-order valence-corrected chi connectivity index (χ1v) is 7.26. The Morgan fingerprint density at radius 3 is 2.89 bits per heavy atom. The number of hydrogen-bond donors (Lipinski definition) is 1. The number of aromatic amines is 1. The largest absolute Gasteiger partial charge is 0.278 e. The molecule has 1 aliphatic carbocycles. The van der Waals surface area contributed by atoms with Gasteiger partial charge in [0.25, 0.3) is 0 Å². The van der Waals surface area contributed by atoms with Crippen molar-refractivity contribution in [2.75, 3.05) is 0 Å². The van der Waals surface area contributed by atoms with Crippen molar-refractivity contribution in [2.24, 2.45) is 5.92 Å². The summed E-state index contributed by atoms with van der Waals surface area (Å²) in [5.74, 6) is 7.33. The fraction of sp³-hybridized carbons (Fsp3) is 0.400. The van der Waals surface area contributed by atoms with Crippen molar-refractivity contribution in [2.45, 2.75) is 32.1 Å². The van der Waals surface area contributed by atoms with Gasteiger partial charge in [0, 0.05) is 21.3 Å². The summed E-state index contributed by atoms with van der Waals surface area (Å²) >= 11 is 3.58. The maximum atomic E-state index is 4.04. The van der Waals surface area contributed by atoms with Gasteiger partial charge in [-0.05, 0) is 40.9 Å². The third-order valence-corrected chi connectivity index (χ3v) is 4.20. The Bertz CT molecular complexity index is 612. The molecule has 2 aromatic rings. The smallest absolute Gasteiger partial charge is 0.0663 e. The van der Waals surface area contributed by atoms with Gasteiger partial charge < -0.3 is 0 Å². The van der Waals surface area contributed by atoms with Crippen LogP contribution in [0.2, 0.25) is 0 Å². The lowest BCUT2D eigenvalue weighted by molar-refractivity contribution is 0.430. The number of rotatable bonds is 0. The van der Waals surface area contributed by atoms with Crippen LogP contribution in [0.1, 0.15) is 37.7 Å². The Morgan fingerprint density at radius 2 is 2.06 bits per heavy atom. The van der Waals surface area contributed by atoms with Gasteiger partial charge in [-0.3, -0.25) is 5.10 Å². The van der Waals surface area contributed by atoms with E-state index in [9.17, 15) is 0 Å². The topological polar surface area (TPSA) is 28.7 Å². The van der Waals surface area contributed by atoms with Gasteiger partial charge in [0.2, 0.25) is 0 Å². The van der Waals surface area contributed by atoms with Gasteiger partial charge in [-0.2, -0.15) is 5.10 Å². The van der Waals surface area contributed by atoms with Crippen molar-refractivity contribution in [3.63, 3.8) is 0 Å². The first-order chi connectivity index (χ1) is 8.83. The first kappa shape index (κ1) is 11.8. The monoisotopic (exact) mass is 302 g/mol. The number of nitrogens with one attached hydrogen (secondary N) is 1. The van der Waals surface area contributed by atoms with E-state index in [1.807, 2.05) is 6.20 Å². The molecule has 0 aliphatic heterocycles. The predicted octanol–water partition coefficient (Wildman–Crippen LogP) is 4.26. The van der Waals surface area contributed by atoms with Crippen LogP contribution in [-0.4, -0.2) is 10.2 Å². The number of hydrogen-bond acceptors (Lipinski definition) is 1. The van der Waals surface area contributed by atoms with E-state index in [4.69, 9.17) is 0 Å². The van der Waals surface area contributed by atoms with Crippen LogP contribution < -0.4 is 0 Å².